The van der Waals surface area contributed by atoms with Crippen LogP contribution in [0.3, 0.4) is 0 Å². The van der Waals surface area contributed by atoms with Crippen molar-refractivity contribution in [3.8, 4) is 11.5 Å². The molecule has 0 saturated carbocycles. The van der Waals surface area contributed by atoms with Crippen molar-refractivity contribution >= 4 is 39.0 Å². The normalized spacial score (nSPS) is 9.44. The van der Waals surface area contributed by atoms with Crippen LogP contribution in [0.4, 0.5) is 0 Å². The maximum atomic E-state index is 5.74. The Balaban J connectivity index is 0. The van der Waals surface area contributed by atoms with Crippen molar-refractivity contribution in [1.82, 2.24) is 0 Å². The van der Waals surface area contributed by atoms with E-state index in [4.69, 9.17) is 9.47 Å². The van der Waals surface area contributed by atoms with E-state index in [-0.39, 0.29) is 25.9 Å². The van der Waals surface area contributed by atoms with Gasteiger partial charge in [-0.3, -0.25) is 0 Å². The predicted octanol–water partition coefficient (Wildman–Crippen LogP) is 3.88. The minimum atomic E-state index is 0. The van der Waals surface area contributed by atoms with E-state index in [1.807, 2.05) is 48.5 Å². The first-order valence-corrected chi connectivity index (χ1v) is 6.09. The molecule has 0 bridgehead atoms. The summed E-state index contributed by atoms with van der Waals surface area (Å²) in [6.07, 6.45) is 0. The van der Waals surface area contributed by atoms with E-state index in [2.05, 4.69) is 15.9 Å². The van der Waals surface area contributed by atoms with E-state index in [1.54, 1.807) is 7.11 Å². The van der Waals surface area contributed by atoms with Gasteiger partial charge in [0, 0.05) is 6.07 Å². The molecule has 2 nitrogen and oxygen atoms in total. The summed E-state index contributed by atoms with van der Waals surface area (Å²) in [6, 6.07) is 15.7. The maximum absolute atomic E-state index is 5.74. The van der Waals surface area contributed by atoms with Crippen LogP contribution < -0.4 is 9.47 Å². The van der Waals surface area contributed by atoms with Crippen LogP contribution in [0.5, 0.6) is 11.5 Å². The van der Waals surface area contributed by atoms with Gasteiger partial charge in [-0.2, -0.15) is 0 Å². The zero-order valence-corrected chi connectivity index (χ0v) is 13.2. The first-order chi connectivity index (χ1) is 8.29. The minimum Gasteiger partial charge on any atom is -1.00 e. The molecule has 2 aromatic rings. The van der Waals surface area contributed by atoms with Gasteiger partial charge in [-0.25, -0.2) is 0 Å². The average Bonchev–Trinajstić information content (AvgIpc) is 2.39. The molecular formula is C14H15BrMgO2. The molecule has 0 saturated heterocycles. The van der Waals surface area contributed by atoms with Crippen molar-refractivity contribution in [3.05, 3.63) is 58.6 Å². The molecule has 2 aromatic carbocycles. The number of hydrogen-bond acceptors (Lipinski definition) is 2. The third kappa shape index (κ3) is 4.19. The van der Waals surface area contributed by atoms with Crippen LogP contribution in [-0.4, -0.2) is 30.2 Å². The summed E-state index contributed by atoms with van der Waals surface area (Å²) in [4.78, 5) is 0. The van der Waals surface area contributed by atoms with Crippen LogP contribution in [-0.2, 0) is 6.61 Å². The van der Waals surface area contributed by atoms with E-state index in [0.29, 0.717) is 6.61 Å². The molecule has 0 spiro atoms. The Morgan fingerprint density at radius 3 is 2.50 bits per heavy atom. The second kappa shape index (κ2) is 7.66. The quantitative estimate of drug-likeness (QED) is 0.796. The van der Waals surface area contributed by atoms with Gasteiger partial charge in [0.15, 0.2) is 0 Å². The summed E-state index contributed by atoms with van der Waals surface area (Å²) in [5, 5.41) is 0. The first kappa shape index (κ1) is 15.3. The average molecular weight is 319 g/mol. The Kier molecular flexibility index (Phi) is 6.53. The molecule has 0 aromatic heterocycles. The topological polar surface area (TPSA) is 18.5 Å². The third-order valence-electron chi connectivity index (χ3n) is 2.38. The Hall–Kier alpha value is -0.714. The van der Waals surface area contributed by atoms with Crippen LogP contribution in [0, 0.1) is 0 Å². The number of methoxy groups -OCH3 is 1. The molecule has 0 unspecified atom stereocenters. The molecule has 0 aliphatic rings. The SMILES string of the molecule is COc1ccc(Br)c(OCc2ccccc2)c1.[H-].[H-].[Mg+2]. The smallest absolute Gasteiger partial charge is 1.00 e. The molecular weight excluding hydrogens is 304 g/mol. The van der Waals surface area contributed by atoms with Gasteiger partial charge in [-0.15, -0.1) is 0 Å². The summed E-state index contributed by atoms with van der Waals surface area (Å²) in [6.45, 7) is 0.548. The zero-order chi connectivity index (χ0) is 12.1. The van der Waals surface area contributed by atoms with Crippen molar-refractivity contribution < 1.29 is 12.3 Å². The van der Waals surface area contributed by atoms with E-state index < -0.39 is 0 Å². The molecule has 4 heteroatoms. The molecule has 2 rings (SSSR count). The van der Waals surface area contributed by atoms with Gasteiger partial charge in [0.25, 0.3) is 0 Å². The van der Waals surface area contributed by atoms with E-state index >= 15 is 0 Å². The van der Waals surface area contributed by atoms with Crippen molar-refractivity contribution in [2.45, 2.75) is 6.61 Å². The fourth-order valence-electron chi connectivity index (χ4n) is 1.46. The molecule has 0 aliphatic carbocycles. The van der Waals surface area contributed by atoms with Crippen LogP contribution in [0.1, 0.15) is 8.42 Å². The fourth-order valence-corrected chi connectivity index (χ4v) is 1.82. The van der Waals surface area contributed by atoms with Gasteiger partial charge < -0.3 is 12.3 Å². The fraction of sp³-hybridized carbons (Fsp3) is 0.143. The van der Waals surface area contributed by atoms with Crippen molar-refractivity contribution in [3.63, 3.8) is 0 Å². The Bertz CT molecular complexity index is 498. The van der Waals surface area contributed by atoms with Crippen molar-refractivity contribution in [2.24, 2.45) is 0 Å². The van der Waals surface area contributed by atoms with E-state index in [9.17, 15) is 0 Å². The zero-order valence-electron chi connectivity index (χ0n) is 12.2. The third-order valence-corrected chi connectivity index (χ3v) is 3.03. The molecule has 92 valence electrons. The monoisotopic (exact) mass is 318 g/mol. The summed E-state index contributed by atoms with van der Waals surface area (Å²) >= 11 is 3.45. The second-order valence-electron chi connectivity index (χ2n) is 3.57. The van der Waals surface area contributed by atoms with Gasteiger partial charge in [0.2, 0.25) is 0 Å². The molecule has 0 fully saturated rings. The van der Waals surface area contributed by atoms with Gasteiger partial charge >= 0.3 is 23.1 Å². The van der Waals surface area contributed by atoms with Crippen LogP contribution in [0.15, 0.2) is 53.0 Å². The molecule has 0 radical (unpaired) electrons. The number of hydrogen-bond donors (Lipinski definition) is 0. The Morgan fingerprint density at radius 2 is 1.83 bits per heavy atom. The summed E-state index contributed by atoms with van der Waals surface area (Å²) in [5.74, 6) is 1.57. The first-order valence-electron chi connectivity index (χ1n) is 5.30. The number of ether oxygens (including phenoxy) is 2. The molecule has 18 heavy (non-hydrogen) atoms. The summed E-state index contributed by atoms with van der Waals surface area (Å²) in [7, 11) is 1.64. The standard InChI is InChI=1S/C14H13BrO2.Mg.2H/c1-16-12-7-8-13(15)14(9-12)17-10-11-5-3-2-4-6-11;;;/h2-9H,10H2,1H3;;;/q;+2;2*-1. The van der Waals surface area contributed by atoms with Gasteiger partial charge in [-0.1, -0.05) is 30.3 Å². The molecule has 0 N–H and O–H groups in total. The predicted molar refractivity (Wildman–Crippen MR) is 79.4 cm³/mol. The Morgan fingerprint density at radius 1 is 1.11 bits per heavy atom. The number of rotatable bonds is 4. The van der Waals surface area contributed by atoms with E-state index in [1.165, 1.54) is 0 Å². The molecule has 0 atom stereocenters. The van der Waals surface area contributed by atoms with Crippen LogP contribution in [0.25, 0.3) is 0 Å². The van der Waals surface area contributed by atoms with Crippen molar-refractivity contribution in [2.75, 3.05) is 7.11 Å². The second-order valence-corrected chi connectivity index (χ2v) is 4.42. The van der Waals surface area contributed by atoms with Gasteiger partial charge in [0.05, 0.1) is 11.6 Å². The van der Waals surface area contributed by atoms with Gasteiger partial charge in [0.1, 0.15) is 18.1 Å². The number of benzene rings is 2. The minimum absolute atomic E-state index is 0. The van der Waals surface area contributed by atoms with Crippen LogP contribution >= 0.6 is 15.9 Å². The van der Waals surface area contributed by atoms with Crippen molar-refractivity contribution in [1.29, 1.82) is 0 Å². The maximum Gasteiger partial charge on any atom is 2.00 e. The molecule has 0 aliphatic heterocycles. The largest absolute Gasteiger partial charge is 2.00 e. The van der Waals surface area contributed by atoms with E-state index in [0.717, 1.165) is 21.5 Å². The summed E-state index contributed by atoms with van der Waals surface area (Å²) < 4.78 is 11.8. The number of halogens is 1. The van der Waals surface area contributed by atoms with Gasteiger partial charge in [-0.05, 0) is 33.6 Å². The van der Waals surface area contributed by atoms with Crippen LogP contribution in [0.2, 0.25) is 0 Å². The molecule has 0 amide bonds. The molecule has 0 heterocycles. The Labute approximate surface area is 135 Å². The summed E-state index contributed by atoms with van der Waals surface area (Å²) in [5.41, 5.74) is 1.14.